The van der Waals surface area contributed by atoms with Gasteiger partial charge in [-0.25, -0.2) is 4.68 Å². The maximum Gasteiger partial charge on any atom is 0.237 e. The summed E-state index contributed by atoms with van der Waals surface area (Å²) in [6.07, 6.45) is 1.61. The first-order valence-corrected chi connectivity index (χ1v) is 10.1. The Morgan fingerprint density at radius 3 is 2.48 bits per heavy atom. The first-order valence-electron chi connectivity index (χ1n) is 9.10. The topological polar surface area (TPSA) is 77.0 Å². The lowest BCUT2D eigenvalue weighted by atomic mass is 10.2. The lowest BCUT2D eigenvalue weighted by molar-refractivity contribution is -0.116. The number of para-hydroxylation sites is 1. The fraction of sp³-hybridized carbons (Fsp3) is 0.143. The Kier molecular flexibility index (Phi) is 6.01. The molecule has 0 atom stereocenters. The van der Waals surface area contributed by atoms with Crippen LogP contribution in [0.15, 0.2) is 88.6 Å². The second-order valence-corrected chi connectivity index (χ2v) is 7.23. The molecular weight excluding hydrogens is 386 g/mol. The number of furan rings is 1. The number of hydrogen-bond acceptors (Lipinski definition) is 6. The van der Waals surface area contributed by atoms with Crippen LogP contribution in [0.3, 0.4) is 0 Å². The molecule has 146 valence electrons. The Morgan fingerprint density at radius 2 is 1.76 bits per heavy atom. The Labute approximate surface area is 172 Å². The fourth-order valence-electron chi connectivity index (χ4n) is 2.85. The van der Waals surface area contributed by atoms with E-state index in [0.29, 0.717) is 18.2 Å². The molecule has 0 unspecified atom stereocenters. The van der Waals surface area contributed by atoms with Crippen molar-refractivity contribution >= 4 is 23.4 Å². The SMILES string of the molecule is O=C(CSc1nnnn1Cc1ccco1)N(Cc1ccccc1)c1ccccc1. The van der Waals surface area contributed by atoms with Crippen LogP contribution in [0, 0.1) is 0 Å². The van der Waals surface area contributed by atoms with Gasteiger partial charge in [0.2, 0.25) is 11.1 Å². The highest BCUT2D eigenvalue weighted by molar-refractivity contribution is 7.99. The third-order valence-corrected chi connectivity index (χ3v) is 5.20. The molecule has 4 rings (SSSR count). The molecule has 0 bridgehead atoms. The molecule has 7 nitrogen and oxygen atoms in total. The van der Waals surface area contributed by atoms with E-state index >= 15 is 0 Å². The Bertz CT molecular complexity index is 1040. The summed E-state index contributed by atoms with van der Waals surface area (Å²) in [6.45, 7) is 0.921. The zero-order chi connectivity index (χ0) is 19.9. The summed E-state index contributed by atoms with van der Waals surface area (Å²) >= 11 is 1.31. The highest BCUT2D eigenvalue weighted by Gasteiger charge is 2.18. The van der Waals surface area contributed by atoms with E-state index in [1.54, 1.807) is 15.8 Å². The molecule has 0 saturated heterocycles. The summed E-state index contributed by atoms with van der Waals surface area (Å²) in [6, 6.07) is 23.3. The molecule has 1 amide bonds. The number of carbonyl (C=O) groups is 1. The molecule has 2 heterocycles. The Morgan fingerprint density at radius 1 is 1.00 bits per heavy atom. The minimum absolute atomic E-state index is 0.0161. The summed E-state index contributed by atoms with van der Waals surface area (Å²) < 4.78 is 6.97. The Balaban J connectivity index is 1.47. The third kappa shape index (κ3) is 4.91. The normalized spacial score (nSPS) is 10.8. The van der Waals surface area contributed by atoms with Crippen molar-refractivity contribution in [3.63, 3.8) is 0 Å². The summed E-state index contributed by atoms with van der Waals surface area (Å²) in [5, 5.41) is 12.3. The molecule has 4 aromatic rings. The minimum atomic E-state index is -0.0161. The van der Waals surface area contributed by atoms with Crippen molar-refractivity contribution in [2.24, 2.45) is 0 Å². The van der Waals surface area contributed by atoms with E-state index in [0.717, 1.165) is 17.0 Å². The van der Waals surface area contributed by atoms with Crippen LogP contribution >= 0.6 is 11.8 Å². The first-order chi connectivity index (χ1) is 14.3. The number of thioether (sulfide) groups is 1. The van der Waals surface area contributed by atoms with Gasteiger partial charge in [0.05, 0.1) is 18.6 Å². The molecule has 0 aliphatic heterocycles. The monoisotopic (exact) mass is 405 g/mol. The van der Waals surface area contributed by atoms with Gasteiger partial charge < -0.3 is 9.32 Å². The van der Waals surface area contributed by atoms with Gasteiger partial charge in [-0.15, -0.1) is 5.10 Å². The van der Waals surface area contributed by atoms with Crippen LogP contribution in [0.4, 0.5) is 5.69 Å². The average molecular weight is 405 g/mol. The predicted octanol–water partition coefficient (Wildman–Crippen LogP) is 3.64. The average Bonchev–Trinajstić information content (AvgIpc) is 3.44. The zero-order valence-electron chi connectivity index (χ0n) is 15.6. The summed E-state index contributed by atoms with van der Waals surface area (Å²) in [4.78, 5) is 14.9. The lowest BCUT2D eigenvalue weighted by Crippen LogP contribution is -2.32. The molecule has 0 N–H and O–H groups in total. The van der Waals surface area contributed by atoms with Crippen LogP contribution in [-0.4, -0.2) is 31.9 Å². The standard InChI is InChI=1S/C21H19N5O2S/c27-20(16-29-21-22-23-24-26(21)15-19-12-7-13-28-19)25(18-10-5-2-6-11-18)14-17-8-3-1-4-9-17/h1-13H,14-16H2. The maximum atomic E-state index is 13.1. The van der Waals surface area contributed by atoms with E-state index in [-0.39, 0.29) is 11.7 Å². The summed E-state index contributed by atoms with van der Waals surface area (Å²) in [7, 11) is 0. The number of amides is 1. The van der Waals surface area contributed by atoms with Gasteiger partial charge in [-0.05, 0) is 40.3 Å². The first kappa shape index (κ1) is 18.9. The third-order valence-electron chi connectivity index (χ3n) is 4.26. The minimum Gasteiger partial charge on any atom is -0.467 e. The number of nitrogens with zero attached hydrogens (tertiary/aromatic N) is 5. The quantitative estimate of drug-likeness (QED) is 0.417. The highest BCUT2D eigenvalue weighted by Crippen LogP contribution is 2.21. The zero-order valence-corrected chi connectivity index (χ0v) is 16.4. The van der Waals surface area contributed by atoms with E-state index in [1.165, 1.54) is 11.8 Å². The number of anilines is 1. The van der Waals surface area contributed by atoms with Gasteiger partial charge in [0.15, 0.2) is 0 Å². The molecule has 2 aromatic carbocycles. The number of aromatic nitrogens is 4. The smallest absolute Gasteiger partial charge is 0.237 e. The molecule has 2 aromatic heterocycles. The van der Waals surface area contributed by atoms with E-state index in [4.69, 9.17) is 4.42 Å². The van der Waals surface area contributed by atoms with Gasteiger partial charge in [0.25, 0.3) is 0 Å². The van der Waals surface area contributed by atoms with Crippen molar-refractivity contribution in [2.75, 3.05) is 10.7 Å². The van der Waals surface area contributed by atoms with Crippen LogP contribution in [0.25, 0.3) is 0 Å². The molecule has 0 spiro atoms. The van der Waals surface area contributed by atoms with Crippen molar-refractivity contribution in [1.29, 1.82) is 0 Å². The van der Waals surface area contributed by atoms with Crippen molar-refractivity contribution in [3.8, 4) is 0 Å². The van der Waals surface area contributed by atoms with Gasteiger partial charge >= 0.3 is 0 Å². The second kappa shape index (κ2) is 9.20. The predicted molar refractivity (Wildman–Crippen MR) is 110 cm³/mol. The molecule has 0 aliphatic carbocycles. The fourth-order valence-corrected chi connectivity index (χ4v) is 3.60. The van der Waals surface area contributed by atoms with E-state index in [2.05, 4.69) is 15.5 Å². The second-order valence-electron chi connectivity index (χ2n) is 6.29. The van der Waals surface area contributed by atoms with Crippen LogP contribution < -0.4 is 4.90 Å². The number of carbonyl (C=O) groups excluding carboxylic acids is 1. The molecule has 8 heteroatoms. The van der Waals surface area contributed by atoms with Crippen molar-refractivity contribution in [2.45, 2.75) is 18.2 Å². The van der Waals surface area contributed by atoms with Crippen molar-refractivity contribution in [3.05, 3.63) is 90.4 Å². The van der Waals surface area contributed by atoms with Crippen molar-refractivity contribution < 1.29 is 9.21 Å². The van der Waals surface area contributed by atoms with Gasteiger partial charge in [-0.1, -0.05) is 60.3 Å². The Hall–Kier alpha value is -3.39. The molecule has 0 aliphatic rings. The van der Waals surface area contributed by atoms with Gasteiger partial charge in [-0.3, -0.25) is 4.79 Å². The van der Waals surface area contributed by atoms with Crippen LogP contribution in [0.1, 0.15) is 11.3 Å². The van der Waals surface area contributed by atoms with Gasteiger partial charge in [0, 0.05) is 5.69 Å². The highest BCUT2D eigenvalue weighted by atomic mass is 32.2. The number of rotatable bonds is 8. The molecule has 0 saturated carbocycles. The number of tetrazole rings is 1. The van der Waals surface area contributed by atoms with Gasteiger partial charge in [0.1, 0.15) is 12.3 Å². The number of hydrogen-bond donors (Lipinski definition) is 0. The largest absolute Gasteiger partial charge is 0.467 e. The molecule has 29 heavy (non-hydrogen) atoms. The molecule has 0 fully saturated rings. The van der Waals surface area contributed by atoms with Crippen LogP contribution in [-0.2, 0) is 17.9 Å². The van der Waals surface area contributed by atoms with E-state index < -0.39 is 0 Å². The van der Waals surface area contributed by atoms with Crippen molar-refractivity contribution in [1.82, 2.24) is 20.2 Å². The number of benzene rings is 2. The molecular formula is C21H19N5O2S. The molecule has 0 radical (unpaired) electrons. The van der Waals surface area contributed by atoms with E-state index in [1.807, 2.05) is 72.8 Å². The summed E-state index contributed by atoms with van der Waals surface area (Å²) in [5.41, 5.74) is 1.93. The van der Waals surface area contributed by atoms with Gasteiger partial charge in [-0.2, -0.15) is 0 Å². The van der Waals surface area contributed by atoms with E-state index in [9.17, 15) is 4.79 Å². The van der Waals surface area contributed by atoms with Crippen LogP contribution in [0.2, 0.25) is 0 Å². The lowest BCUT2D eigenvalue weighted by Gasteiger charge is -2.23. The maximum absolute atomic E-state index is 13.1. The van der Waals surface area contributed by atoms with Crippen LogP contribution in [0.5, 0.6) is 0 Å². The summed E-state index contributed by atoms with van der Waals surface area (Å²) in [5.74, 6) is 0.957.